The Kier molecular flexibility index (Phi) is 5.99. The van der Waals surface area contributed by atoms with Crippen molar-refractivity contribution in [2.45, 2.75) is 39.8 Å². The van der Waals surface area contributed by atoms with Gasteiger partial charge in [0, 0.05) is 23.5 Å². The Balaban J connectivity index is 1.84. The van der Waals surface area contributed by atoms with Crippen molar-refractivity contribution in [2.75, 3.05) is 19.6 Å². The molecule has 2 unspecified atom stereocenters. The van der Waals surface area contributed by atoms with E-state index >= 15 is 0 Å². The third-order valence-electron chi connectivity index (χ3n) is 5.85. The van der Waals surface area contributed by atoms with Crippen LogP contribution in [0.2, 0.25) is 5.02 Å². The molecule has 1 saturated heterocycles. The summed E-state index contributed by atoms with van der Waals surface area (Å²) >= 11 is 6.14. The fraction of sp³-hybridized carbons (Fsp3) is 0.400. The number of piperazine rings is 1. The van der Waals surface area contributed by atoms with E-state index in [9.17, 15) is 9.59 Å². The number of carbonyl (C=O) groups is 2. The smallest absolute Gasteiger partial charge is 0.326 e. The molecule has 3 amide bonds. The molecule has 2 aliphatic heterocycles. The molecule has 0 aliphatic carbocycles. The molecule has 7 heteroatoms. The maximum atomic E-state index is 13.9. The number of rotatable bonds is 2. The highest BCUT2D eigenvalue weighted by atomic mass is 35.5. The number of aryl methyl sites for hydroxylation is 1. The molecule has 168 valence electrons. The van der Waals surface area contributed by atoms with Crippen molar-refractivity contribution in [3.63, 3.8) is 0 Å². The molecule has 2 atom stereocenters. The number of nitrogens with zero attached hydrogens (tertiary/aromatic N) is 3. The number of benzene rings is 2. The topological polar surface area (TPSA) is 65.0 Å². The molecule has 2 heterocycles. The van der Waals surface area contributed by atoms with Crippen molar-refractivity contribution in [1.29, 1.82) is 0 Å². The largest absolute Gasteiger partial charge is 0.353 e. The van der Waals surface area contributed by atoms with Crippen LogP contribution in [-0.2, 0) is 4.79 Å². The molecule has 0 saturated carbocycles. The predicted octanol–water partition coefficient (Wildman–Crippen LogP) is 4.74. The lowest BCUT2D eigenvalue weighted by molar-refractivity contribution is -0.123. The third kappa shape index (κ3) is 4.37. The lowest BCUT2D eigenvalue weighted by Gasteiger charge is -2.38. The molecule has 2 aromatic carbocycles. The highest BCUT2D eigenvalue weighted by Crippen LogP contribution is 2.46. The van der Waals surface area contributed by atoms with Crippen LogP contribution in [0.5, 0.6) is 0 Å². The maximum Gasteiger partial charge on any atom is 0.326 e. The quantitative estimate of drug-likeness (QED) is 0.715. The van der Waals surface area contributed by atoms with Gasteiger partial charge in [0.25, 0.3) is 0 Å². The van der Waals surface area contributed by atoms with Gasteiger partial charge in [0.15, 0.2) is 0 Å². The fourth-order valence-electron chi connectivity index (χ4n) is 4.36. The average Bonchev–Trinajstić information content (AvgIpc) is 3.15. The zero-order valence-electron chi connectivity index (χ0n) is 18.9. The first-order valence-corrected chi connectivity index (χ1v) is 11.3. The molecule has 2 aromatic rings. The SMILES string of the molecule is Cc1cccc(C2C(c3ccc(Cl)cc3)N=C(C(C)(C)C)N2C(=O)N2CCNC(=O)C2)c1. The van der Waals surface area contributed by atoms with E-state index in [1.807, 2.05) is 54.3 Å². The van der Waals surface area contributed by atoms with Gasteiger partial charge < -0.3 is 10.2 Å². The van der Waals surface area contributed by atoms with Gasteiger partial charge in [0.05, 0.1) is 6.04 Å². The minimum atomic E-state index is -0.364. The van der Waals surface area contributed by atoms with Crippen molar-refractivity contribution in [3.8, 4) is 0 Å². The minimum Gasteiger partial charge on any atom is -0.353 e. The lowest BCUT2D eigenvalue weighted by atomic mass is 9.91. The Labute approximate surface area is 194 Å². The molecule has 0 bridgehead atoms. The Morgan fingerprint density at radius 1 is 1.12 bits per heavy atom. The molecule has 1 N–H and O–H groups in total. The van der Waals surface area contributed by atoms with E-state index in [0.29, 0.717) is 18.1 Å². The van der Waals surface area contributed by atoms with Crippen LogP contribution < -0.4 is 5.32 Å². The summed E-state index contributed by atoms with van der Waals surface area (Å²) in [6, 6.07) is 15.1. The summed E-state index contributed by atoms with van der Waals surface area (Å²) in [6.07, 6.45) is 0. The number of urea groups is 1. The van der Waals surface area contributed by atoms with Crippen LogP contribution in [-0.4, -0.2) is 47.2 Å². The summed E-state index contributed by atoms with van der Waals surface area (Å²) in [7, 11) is 0. The van der Waals surface area contributed by atoms with Crippen LogP contribution in [0.3, 0.4) is 0 Å². The molecular weight excluding hydrogens is 424 g/mol. The van der Waals surface area contributed by atoms with Crippen LogP contribution in [0, 0.1) is 12.3 Å². The van der Waals surface area contributed by atoms with Crippen molar-refractivity contribution in [1.82, 2.24) is 15.1 Å². The first-order valence-electron chi connectivity index (χ1n) is 10.9. The van der Waals surface area contributed by atoms with Gasteiger partial charge in [-0.15, -0.1) is 0 Å². The number of halogens is 1. The molecule has 0 aromatic heterocycles. The van der Waals surface area contributed by atoms with Gasteiger partial charge in [-0.1, -0.05) is 74.3 Å². The van der Waals surface area contributed by atoms with Gasteiger partial charge in [-0.25, -0.2) is 4.79 Å². The first-order chi connectivity index (χ1) is 15.1. The number of carbonyl (C=O) groups excluding carboxylic acids is 2. The highest BCUT2D eigenvalue weighted by Gasteiger charge is 2.47. The molecule has 6 nitrogen and oxygen atoms in total. The highest BCUT2D eigenvalue weighted by molar-refractivity contribution is 6.30. The van der Waals surface area contributed by atoms with E-state index in [0.717, 1.165) is 22.5 Å². The number of nitrogens with one attached hydrogen (secondary N) is 1. The van der Waals surface area contributed by atoms with Crippen LogP contribution in [0.4, 0.5) is 4.79 Å². The van der Waals surface area contributed by atoms with Gasteiger partial charge in [0.1, 0.15) is 18.4 Å². The molecule has 32 heavy (non-hydrogen) atoms. The van der Waals surface area contributed by atoms with E-state index in [2.05, 4.69) is 32.2 Å². The van der Waals surface area contributed by atoms with Gasteiger partial charge in [-0.3, -0.25) is 14.7 Å². The third-order valence-corrected chi connectivity index (χ3v) is 6.10. The Morgan fingerprint density at radius 3 is 2.47 bits per heavy atom. The van der Waals surface area contributed by atoms with Crippen molar-refractivity contribution in [2.24, 2.45) is 10.4 Å². The molecule has 1 fully saturated rings. The normalized spacial score (nSPS) is 21.4. The Hall–Kier alpha value is -2.86. The van der Waals surface area contributed by atoms with E-state index in [1.165, 1.54) is 0 Å². The summed E-state index contributed by atoms with van der Waals surface area (Å²) in [4.78, 5) is 34.4. The molecule has 2 aliphatic rings. The summed E-state index contributed by atoms with van der Waals surface area (Å²) in [5.74, 6) is 0.583. The van der Waals surface area contributed by atoms with Gasteiger partial charge in [0.2, 0.25) is 5.91 Å². The summed E-state index contributed by atoms with van der Waals surface area (Å²) in [5.41, 5.74) is 2.76. The van der Waals surface area contributed by atoms with E-state index in [1.54, 1.807) is 4.90 Å². The van der Waals surface area contributed by atoms with Crippen LogP contribution in [0.1, 0.15) is 49.5 Å². The standard InChI is InChI=1S/C25H29ClN4O2/c1-16-6-5-7-18(14-16)22-21(17-8-10-19(26)11-9-17)28-23(25(2,3)4)30(22)24(32)29-13-12-27-20(31)15-29/h5-11,14,21-22H,12-13,15H2,1-4H3,(H,27,31). The van der Waals surface area contributed by atoms with Crippen LogP contribution in [0.15, 0.2) is 53.5 Å². The predicted molar refractivity (Wildman–Crippen MR) is 127 cm³/mol. The maximum absolute atomic E-state index is 13.9. The summed E-state index contributed by atoms with van der Waals surface area (Å²) in [5, 5.41) is 3.45. The Bertz CT molecular complexity index is 1060. The van der Waals surface area contributed by atoms with Crippen LogP contribution in [0.25, 0.3) is 0 Å². The van der Waals surface area contributed by atoms with Crippen molar-refractivity contribution >= 4 is 29.4 Å². The van der Waals surface area contributed by atoms with Gasteiger partial charge in [-0.2, -0.15) is 0 Å². The van der Waals surface area contributed by atoms with Crippen molar-refractivity contribution < 1.29 is 9.59 Å². The van der Waals surface area contributed by atoms with E-state index in [-0.39, 0.29) is 36.0 Å². The van der Waals surface area contributed by atoms with Gasteiger partial charge >= 0.3 is 6.03 Å². The summed E-state index contributed by atoms with van der Waals surface area (Å²) in [6.45, 7) is 9.22. The zero-order valence-corrected chi connectivity index (χ0v) is 19.7. The second-order valence-electron chi connectivity index (χ2n) is 9.48. The average molecular weight is 453 g/mol. The summed E-state index contributed by atoms with van der Waals surface area (Å²) < 4.78 is 0. The minimum absolute atomic E-state index is 0.0545. The number of amides is 3. The zero-order chi connectivity index (χ0) is 23.0. The molecule has 4 rings (SSSR count). The monoisotopic (exact) mass is 452 g/mol. The van der Waals surface area contributed by atoms with Gasteiger partial charge in [-0.05, 0) is 30.2 Å². The first kappa shape index (κ1) is 22.3. The Morgan fingerprint density at radius 2 is 1.84 bits per heavy atom. The number of hydrogen-bond acceptors (Lipinski definition) is 3. The lowest BCUT2D eigenvalue weighted by Crippen LogP contribution is -2.56. The van der Waals surface area contributed by atoms with Crippen LogP contribution >= 0.6 is 11.6 Å². The fourth-order valence-corrected chi connectivity index (χ4v) is 4.48. The second kappa shape index (κ2) is 8.58. The number of aliphatic imine (C=N–C) groups is 1. The molecule has 0 spiro atoms. The second-order valence-corrected chi connectivity index (χ2v) is 9.92. The number of amidine groups is 1. The number of hydrogen-bond donors (Lipinski definition) is 1. The van der Waals surface area contributed by atoms with E-state index < -0.39 is 0 Å². The van der Waals surface area contributed by atoms with E-state index in [4.69, 9.17) is 16.6 Å². The van der Waals surface area contributed by atoms with Crippen molar-refractivity contribution in [3.05, 3.63) is 70.2 Å². The molecular formula is C25H29ClN4O2. The molecule has 0 radical (unpaired) electrons.